The summed E-state index contributed by atoms with van der Waals surface area (Å²) in [7, 11) is 0. The number of H-pyrrole nitrogens is 1. The maximum Gasteiger partial charge on any atom is 0.346 e. The Bertz CT molecular complexity index is 829. The molecule has 0 aromatic carbocycles. The summed E-state index contributed by atoms with van der Waals surface area (Å²) in [6.45, 7) is 3.84. The highest BCUT2D eigenvalue weighted by molar-refractivity contribution is 7.71. The Labute approximate surface area is 128 Å². The summed E-state index contributed by atoms with van der Waals surface area (Å²) >= 11 is 6.29. The van der Waals surface area contributed by atoms with Gasteiger partial charge < -0.3 is 19.8 Å². The van der Waals surface area contributed by atoms with Crippen LogP contribution in [-0.2, 0) is 4.74 Å². The van der Waals surface area contributed by atoms with E-state index in [9.17, 15) is 14.7 Å². The van der Waals surface area contributed by atoms with E-state index in [0.29, 0.717) is 42.1 Å². The van der Waals surface area contributed by atoms with Gasteiger partial charge in [-0.3, -0.25) is 4.79 Å². The van der Waals surface area contributed by atoms with Crippen molar-refractivity contribution in [3.8, 4) is 0 Å². The minimum atomic E-state index is -1.04. The van der Waals surface area contributed by atoms with E-state index in [1.165, 1.54) is 4.68 Å². The first-order valence-corrected chi connectivity index (χ1v) is 7.58. The van der Waals surface area contributed by atoms with Crippen molar-refractivity contribution in [2.24, 2.45) is 0 Å². The smallest absolute Gasteiger partial charge is 0.346 e. The van der Waals surface area contributed by atoms with Crippen LogP contribution in [0.25, 0.3) is 10.2 Å². The van der Waals surface area contributed by atoms with Crippen LogP contribution in [0.1, 0.15) is 15.2 Å². The summed E-state index contributed by atoms with van der Waals surface area (Å²) in [5.41, 5.74) is 0.192. The number of hydrogen-bond donors (Lipinski definition) is 2. The largest absolute Gasteiger partial charge is 0.477 e. The van der Waals surface area contributed by atoms with Gasteiger partial charge in [0, 0.05) is 0 Å². The van der Waals surface area contributed by atoms with Crippen LogP contribution in [0, 0.1) is 11.7 Å². The van der Waals surface area contributed by atoms with Gasteiger partial charge in [-0.15, -0.1) is 11.3 Å². The van der Waals surface area contributed by atoms with Gasteiger partial charge in [0.25, 0.3) is 5.56 Å². The third-order valence-electron chi connectivity index (χ3n) is 3.43. The molecule has 0 bridgehead atoms. The molecule has 1 aliphatic rings. The first-order chi connectivity index (χ1) is 10.0. The molecular formula is C12H13N3O4S2. The number of nitrogens with one attached hydrogen (secondary N) is 1. The minimum Gasteiger partial charge on any atom is -0.477 e. The third-order valence-corrected chi connectivity index (χ3v) is 4.90. The molecule has 112 valence electrons. The third kappa shape index (κ3) is 2.27. The second kappa shape index (κ2) is 5.24. The van der Waals surface area contributed by atoms with Crippen molar-refractivity contribution >= 4 is 39.7 Å². The van der Waals surface area contributed by atoms with Crippen molar-refractivity contribution in [3.05, 3.63) is 25.6 Å². The highest BCUT2D eigenvalue weighted by Crippen LogP contribution is 2.26. The fourth-order valence-corrected chi connectivity index (χ4v) is 3.82. The molecule has 1 fully saturated rings. The number of ether oxygens (including phenoxy) is 1. The van der Waals surface area contributed by atoms with Crippen molar-refractivity contribution in [2.75, 3.05) is 31.3 Å². The summed E-state index contributed by atoms with van der Waals surface area (Å²) in [6.07, 6.45) is 0. The molecule has 2 aromatic heterocycles. The van der Waals surface area contributed by atoms with Gasteiger partial charge in [-0.25, -0.2) is 4.79 Å². The first-order valence-electron chi connectivity index (χ1n) is 6.35. The average molecular weight is 327 g/mol. The van der Waals surface area contributed by atoms with Crippen LogP contribution in [0.5, 0.6) is 0 Å². The lowest BCUT2D eigenvalue weighted by Gasteiger charge is -2.29. The Morgan fingerprint density at radius 1 is 1.43 bits per heavy atom. The Hall–Kier alpha value is -1.71. The molecule has 9 heteroatoms. The number of carboxylic acids is 1. The number of fused-ring (bicyclic) bond motifs is 1. The van der Waals surface area contributed by atoms with Gasteiger partial charge in [0.05, 0.1) is 31.7 Å². The molecule has 3 rings (SSSR count). The van der Waals surface area contributed by atoms with E-state index in [1.807, 2.05) is 5.01 Å². The Morgan fingerprint density at radius 2 is 2.10 bits per heavy atom. The Kier molecular flexibility index (Phi) is 3.56. The summed E-state index contributed by atoms with van der Waals surface area (Å²) in [5, 5.41) is 11.4. The highest BCUT2D eigenvalue weighted by Gasteiger charge is 2.21. The molecule has 7 nitrogen and oxygen atoms in total. The molecule has 21 heavy (non-hydrogen) atoms. The fraction of sp³-hybridized carbons (Fsp3) is 0.417. The van der Waals surface area contributed by atoms with E-state index >= 15 is 0 Å². The van der Waals surface area contributed by atoms with Crippen molar-refractivity contribution < 1.29 is 14.6 Å². The van der Waals surface area contributed by atoms with E-state index < -0.39 is 5.97 Å². The van der Waals surface area contributed by atoms with Crippen molar-refractivity contribution in [1.82, 2.24) is 9.66 Å². The zero-order valence-electron chi connectivity index (χ0n) is 11.2. The van der Waals surface area contributed by atoms with Crippen LogP contribution in [0.15, 0.2) is 4.79 Å². The number of aromatic amines is 1. The number of hydrogen-bond acceptors (Lipinski definition) is 6. The standard InChI is InChI=1S/C12H13N3O4S2/c1-6-7-9(21-8(6)11(17)18)13-12(20)15(10(7)16)14-2-4-19-5-3-14/h2-5H2,1H3,(H,13,20)(H,17,18). The van der Waals surface area contributed by atoms with E-state index in [1.54, 1.807) is 6.92 Å². The number of aryl methyl sites for hydroxylation is 1. The van der Waals surface area contributed by atoms with Gasteiger partial charge >= 0.3 is 5.97 Å². The number of carboxylic acid groups (broad SMARTS) is 1. The maximum atomic E-state index is 12.7. The van der Waals surface area contributed by atoms with E-state index in [4.69, 9.17) is 17.0 Å². The SMILES string of the molecule is Cc1c(C(=O)O)sc2[nH]c(=S)n(N3CCOCC3)c(=O)c12. The van der Waals surface area contributed by atoms with Crippen LogP contribution in [0.4, 0.5) is 0 Å². The first kappa shape index (κ1) is 14.2. The van der Waals surface area contributed by atoms with Gasteiger partial charge in [0.15, 0.2) is 0 Å². The molecule has 0 atom stereocenters. The number of morpholine rings is 1. The number of thiophene rings is 1. The number of nitrogens with zero attached hydrogens (tertiary/aromatic N) is 2. The van der Waals surface area contributed by atoms with Crippen LogP contribution in [0.3, 0.4) is 0 Å². The lowest BCUT2D eigenvalue weighted by Crippen LogP contribution is -2.49. The van der Waals surface area contributed by atoms with Crippen LogP contribution in [-0.4, -0.2) is 47.0 Å². The molecule has 2 N–H and O–H groups in total. The summed E-state index contributed by atoms with van der Waals surface area (Å²) in [6, 6.07) is 0. The summed E-state index contributed by atoms with van der Waals surface area (Å²) < 4.78 is 6.95. The van der Waals surface area contributed by atoms with E-state index in [-0.39, 0.29) is 15.2 Å². The lowest BCUT2D eigenvalue weighted by molar-refractivity contribution is 0.0701. The zero-order chi connectivity index (χ0) is 15.1. The topological polar surface area (TPSA) is 87.6 Å². The molecule has 0 radical (unpaired) electrons. The minimum absolute atomic E-state index is 0.160. The molecule has 1 saturated heterocycles. The van der Waals surface area contributed by atoms with Gasteiger partial charge in [0.2, 0.25) is 4.77 Å². The average Bonchev–Trinajstić information content (AvgIpc) is 2.77. The van der Waals surface area contributed by atoms with Gasteiger partial charge in [0.1, 0.15) is 9.71 Å². The molecule has 0 spiro atoms. The number of rotatable bonds is 2. The summed E-state index contributed by atoms with van der Waals surface area (Å²) in [4.78, 5) is 27.5. The molecular weight excluding hydrogens is 314 g/mol. The fourth-order valence-electron chi connectivity index (χ4n) is 2.42. The van der Waals surface area contributed by atoms with Crippen molar-refractivity contribution in [2.45, 2.75) is 6.92 Å². The lowest BCUT2D eigenvalue weighted by atomic mass is 10.2. The van der Waals surface area contributed by atoms with Crippen molar-refractivity contribution in [1.29, 1.82) is 0 Å². The zero-order valence-corrected chi connectivity index (χ0v) is 12.8. The number of carbonyl (C=O) groups is 1. The monoisotopic (exact) mass is 327 g/mol. The Morgan fingerprint density at radius 3 is 2.71 bits per heavy atom. The van der Waals surface area contributed by atoms with Crippen LogP contribution < -0.4 is 10.6 Å². The van der Waals surface area contributed by atoms with E-state index in [2.05, 4.69) is 4.98 Å². The molecule has 0 unspecified atom stereocenters. The van der Waals surface area contributed by atoms with Crippen LogP contribution >= 0.6 is 23.6 Å². The predicted octanol–water partition coefficient (Wildman–Crippen LogP) is 1.10. The van der Waals surface area contributed by atoms with E-state index in [0.717, 1.165) is 11.3 Å². The van der Waals surface area contributed by atoms with Crippen LogP contribution in [0.2, 0.25) is 0 Å². The predicted molar refractivity (Wildman–Crippen MR) is 81.7 cm³/mol. The van der Waals surface area contributed by atoms with Gasteiger partial charge in [-0.05, 0) is 24.7 Å². The second-order valence-electron chi connectivity index (χ2n) is 4.68. The molecule has 0 aliphatic carbocycles. The number of aromatic nitrogens is 2. The number of aromatic carboxylic acids is 1. The second-order valence-corrected chi connectivity index (χ2v) is 6.09. The molecule has 3 heterocycles. The quantitative estimate of drug-likeness (QED) is 0.803. The van der Waals surface area contributed by atoms with Gasteiger partial charge in [-0.2, -0.15) is 4.68 Å². The molecule has 0 amide bonds. The summed E-state index contributed by atoms with van der Waals surface area (Å²) in [5.74, 6) is -1.04. The molecule has 2 aromatic rings. The molecule has 1 aliphatic heterocycles. The normalized spacial score (nSPS) is 15.6. The highest BCUT2D eigenvalue weighted by atomic mass is 32.1. The maximum absolute atomic E-state index is 12.7. The van der Waals surface area contributed by atoms with Crippen molar-refractivity contribution in [3.63, 3.8) is 0 Å². The van der Waals surface area contributed by atoms with Gasteiger partial charge in [-0.1, -0.05) is 0 Å². The Balaban J connectivity index is 2.27. The molecule has 0 saturated carbocycles.